The summed E-state index contributed by atoms with van der Waals surface area (Å²) in [7, 11) is 0. The third-order valence-electron chi connectivity index (χ3n) is 4.69. The minimum atomic E-state index is -4.83. The van der Waals surface area contributed by atoms with Crippen LogP contribution in [0.4, 0.5) is 24.0 Å². The van der Waals surface area contributed by atoms with Gasteiger partial charge in [-0.15, -0.1) is 0 Å². The molecular weight excluding hydrogens is 425 g/mol. The quantitative estimate of drug-likeness (QED) is 0.521. The van der Waals surface area contributed by atoms with Crippen LogP contribution in [0.1, 0.15) is 26.3 Å². The minimum Gasteiger partial charge on any atom is -0.344 e. The number of carbonyl (C=O) groups is 1. The lowest BCUT2D eigenvalue weighted by molar-refractivity contribution is -0.383. The Hall–Kier alpha value is -2.76. The predicted molar refractivity (Wildman–Crippen MR) is 106 cm³/mol. The van der Waals surface area contributed by atoms with Crippen molar-refractivity contribution in [1.82, 2.24) is 9.88 Å². The molecule has 1 saturated heterocycles. The number of carbonyl (C=O) groups excluding carboxylic acids is 1. The number of anilines is 1. The summed E-state index contributed by atoms with van der Waals surface area (Å²) >= 11 is 0.799. The highest BCUT2D eigenvalue weighted by atomic mass is 32.1. The standard InChI is InChI=1S/C18H19F3N4O4S/c1-17(2,3)15(27)23-4-6-24(7-5-23)16-22-14(26)11-8-10(18(19,20)21)9-12(25(28)29)13(11)30-16/h8-9H,4-7H2,1-3H3. The van der Waals surface area contributed by atoms with E-state index < -0.39 is 38.7 Å². The van der Waals surface area contributed by atoms with Gasteiger partial charge in [0.15, 0.2) is 5.13 Å². The molecule has 1 aliphatic heterocycles. The summed E-state index contributed by atoms with van der Waals surface area (Å²) in [6, 6.07) is 1.03. The first kappa shape index (κ1) is 21.9. The number of hydrogen-bond acceptors (Lipinski definition) is 7. The molecule has 0 aliphatic carbocycles. The van der Waals surface area contributed by atoms with Crippen molar-refractivity contribution in [2.75, 3.05) is 31.1 Å². The lowest BCUT2D eigenvalue weighted by Crippen LogP contribution is -2.51. The average molecular weight is 444 g/mol. The molecule has 30 heavy (non-hydrogen) atoms. The van der Waals surface area contributed by atoms with Crippen LogP contribution in [0.2, 0.25) is 0 Å². The Morgan fingerprint density at radius 1 is 1.17 bits per heavy atom. The summed E-state index contributed by atoms with van der Waals surface area (Å²) in [5.41, 5.74) is -3.55. The van der Waals surface area contributed by atoms with E-state index in [-0.39, 0.29) is 15.7 Å². The van der Waals surface area contributed by atoms with Crippen molar-refractivity contribution in [3.05, 3.63) is 38.2 Å². The van der Waals surface area contributed by atoms with E-state index in [0.29, 0.717) is 38.3 Å². The first-order chi connectivity index (χ1) is 13.8. The Bertz CT molecular complexity index is 1070. The monoisotopic (exact) mass is 444 g/mol. The summed E-state index contributed by atoms with van der Waals surface area (Å²) in [6.45, 7) is 6.90. The summed E-state index contributed by atoms with van der Waals surface area (Å²) < 4.78 is 39.0. The molecule has 0 spiro atoms. The van der Waals surface area contributed by atoms with Crippen LogP contribution in [0.15, 0.2) is 16.9 Å². The summed E-state index contributed by atoms with van der Waals surface area (Å²) in [5.74, 6) is -0.0166. The van der Waals surface area contributed by atoms with E-state index in [1.54, 1.807) is 9.80 Å². The molecule has 1 fully saturated rings. The molecule has 0 atom stereocenters. The number of non-ortho nitro benzene ring substituents is 1. The summed E-state index contributed by atoms with van der Waals surface area (Å²) in [4.78, 5) is 42.5. The normalized spacial score (nSPS) is 15.5. The maximum Gasteiger partial charge on any atom is 0.416 e. The Morgan fingerprint density at radius 3 is 2.27 bits per heavy atom. The first-order valence-corrected chi connectivity index (χ1v) is 9.85. The molecule has 1 amide bonds. The molecule has 2 aromatic rings. The fourth-order valence-corrected chi connectivity index (χ4v) is 4.27. The number of nitro benzene ring substituents is 1. The van der Waals surface area contributed by atoms with Gasteiger partial charge < -0.3 is 9.80 Å². The zero-order chi connectivity index (χ0) is 22.4. The Kier molecular flexibility index (Phi) is 5.48. The number of hydrogen-bond donors (Lipinski definition) is 0. The number of amides is 1. The van der Waals surface area contributed by atoms with Gasteiger partial charge in [0.1, 0.15) is 4.70 Å². The lowest BCUT2D eigenvalue weighted by atomic mass is 9.94. The SMILES string of the molecule is CC(C)(C)C(=O)N1CCN(c2nc(=O)c3cc(C(F)(F)F)cc([N+](=O)[O-])c3s2)CC1. The minimum absolute atomic E-state index is 0.0166. The number of nitrogens with zero attached hydrogens (tertiary/aromatic N) is 4. The molecule has 1 aromatic carbocycles. The zero-order valence-corrected chi connectivity index (χ0v) is 17.3. The van der Waals surface area contributed by atoms with Gasteiger partial charge in [-0.05, 0) is 6.07 Å². The van der Waals surface area contributed by atoms with Gasteiger partial charge in [-0.25, -0.2) is 0 Å². The number of benzene rings is 1. The van der Waals surface area contributed by atoms with E-state index in [1.807, 2.05) is 20.8 Å². The van der Waals surface area contributed by atoms with Gasteiger partial charge in [0, 0.05) is 37.7 Å². The molecule has 0 radical (unpaired) electrons. The van der Waals surface area contributed by atoms with Crippen LogP contribution in [-0.2, 0) is 11.0 Å². The number of nitro groups is 1. The third kappa shape index (κ3) is 4.23. The van der Waals surface area contributed by atoms with Crippen molar-refractivity contribution >= 4 is 38.1 Å². The van der Waals surface area contributed by atoms with E-state index in [9.17, 15) is 32.9 Å². The number of rotatable bonds is 2. The molecule has 0 saturated carbocycles. The highest BCUT2D eigenvalue weighted by Crippen LogP contribution is 2.38. The average Bonchev–Trinajstić information content (AvgIpc) is 2.65. The van der Waals surface area contributed by atoms with Crippen LogP contribution in [0.25, 0.3) is 10.1 Å². The lowest BCUT2D eigenvalue weighted by Gasteiger charge is -2.37. The van der Waals surface area contributed by atoms with Crippen LogP contribution < -0.4 is 10.5 Å². The second kappa shape index (κ2) is 7.49. The maximum absolute atomic E-state index is 13.1. The topological polar surface area (TPSA) is 96.7 Å². The second-order valence-corrected chi connectivity index (χ2v) is 8.94. The van der Waals surface area contributed by atoms with Crippen LogP contribution in [-0.4, -0.2) is 46.9 Å². The molecule has 0 unspecified atom stereocenters. The third-order valence-corrected chi connectivity index (χ3v) is 5.86. The van der Waals surface area contributed by atoms with E-state index in [1.165, 1.54) is 0 Å². The van der Waals surface area contributed by atoms with Gasteiger partial charge >= 0.3 is 6.18 Å². The molecule has 1 aromatic heterocycles. The van der Waals surface area contributed by atoms with E-state index >= 15 is 0 Å². The largest absolute Gasteiger partial charge is 0.416 e. The Balaban J connectivity index is 1.98. The summed E-state index contributed by atoms with van der Waals surface area (Å²) in [6.07, 6.45) is -4.83. The number of alkyl halides is 3. The van der Waals surface area contributed by atoms with Gasteiger partial charge in [-0.1, -0.05) is 32.1 Å². The van der Waals surface area contributed by atoms with Crippen LogP contribution in [0, 0.1) is 15.5 Å². The molecule has 12 heteroatoms. The van der Waals surface area contributed by atoms with Crippen LogP contribution >= 0.6 is 11.3 Å². The van der Waals surface area contributed by atoms with Crippen molar-refractivity contribution in [2.45, 2.75) is 26.9 Å². The van der Waals surface area contributed by atoms with Gasteiger partial charge in [0.2, 0.25) is 5.91 Å². The molecule has 3 rings (SSSR count). The fraction of sp³-hybridized carbons (Fsp3) is 0.500. The second-order valence-electron chi connectivity index (χ2n) is 7.96. The van der Waals surface area contributed by atoms with E-state index in [4.69, 9.17) is 0 Å². The van der Waals surface area contributed by atoms with Crippen LogP contribution in [0.5, 0.6) is 0 Å². The van der Waals surface area contributed by atoms with E-state index in [0.717, 1.165) is 11.3 Å². The van der Waals surface area contributed by atoms with Gasteiger partial charge in [0.25, 0.3) is 11.2 Å². The van der Waals surface area contributed by atoms with Crippen molar-refractivity contribution in [1.29, 1.82) is 0 Å². The van der Waals surface area contributed by atoms with Gasteiger partial charge in [-0.2, -0.15) is 18.2 Å². The molecular formula is C18H19F3N4O4S. The van der Waals surface area contributed by atoms with Gasteiger partial charge in [-0.3, -0.25) is 19.7 Å². The number of fused-ring (bicyclic) bond motifs is 1. The van der Waals surface area contributed by atoms with Crippen molar-refractivity contribution in [3.63, 3.8) is 0 Å². The molecule has 8 nitrogen and oxygen atoms in total. The molecule has 0 N–H and O–H groups in total. The molecule has 162 valence electrons. The van der Waals surface area contributed by atoms with Crippen molar-refractivity contribution in [3.8, 4) is 0 Å². The summed E-state index contributed by atoms with van der Waals surface area (Å²) in [5, 5.41) is 11.1. The molecule has 0 bridgehead atoms. The number of piperazine rings is 1. The fourth-order valence-electron chi connectivity index (χ4n) is 3.15. The van der Waals surface area contributed by atoms with Crippen LogP contribution in [0.3, 0.4) is 0 Å². The zero-order valence-electron chi connectivity index (χ0n) is 16.4. The number of aromatic nitrogens is 1. The first-order valence-electron chi connectivity index (χ1n) is 9.04. The molecule has 2 heterocycles. The Labute approximate surface area is 173 Å². The Morgan fingerprint density at radius 2 is 1.77 bits per heavy atom. The smallest absolute Gasteiger partial charge is 0.344 e. The van der Waals surface area contributed by atoms with Crippen molar-refractivity contribution < 1.29 is 22.9 Å². The highest BCUT2D eigenvalue weighted by Gasteiger charge is 2.35. The highest BCUT2D eigenvalue weighted by molar-refractivity contribution is 7.22. The predicted octanol–water partition coefficient (Wildman–Crippen LogP) is 3.28. The number of halogens is 3. The van der Waals surface area contributed by atoms with E-state index in [2.05, 4.69) is 4.98 Å². The maximum atomic E-state index is 13.1. The molecule has 1 aliphatic rings. The van der Waals surface area contributed by atoms with Crippen molar-refractivity contribution in [2.24, 2.45) is 5.41 Å². The van der Waals surface area contributed by atoms with Gasteiger partial charge in [0.05, 0.1) is 15.9 Å².